The van der Waals surface area contributed by atoms with Gasteiger partial charge >= 0.3 is 0 Å². The number of thiophene rings is 1. The van der Waals surface area contributed by atoms with Crippen LogP contribution in [-0.4, -0.2) is 5.91 Å². The molecule has 0 saturated carbocycles. The summed E-state index contributed by atoms with van der Waals surface area (Å²) in [6, 6.07) is 3.65. The van der Waals surface area contributed by atoms with E-state index in [9.17, 15) is 4.79 Å². The maximum absolute atomic E-state index is 10.8. The van der Waals surface area contributed by atoms with Crippen molar-refractivity contribution >= 4 is 39.2 Å². The van der Waals surface area contributed by atoms with Crippen LogP contribution in [0, 0.1) is 11.3 Å². The molecule has 0 atom stereocenters. The molecule has 0 unspecified atom stereocenters. The van der Waals surface area contributed by atoms with Gasteiger partial charge in [-0.15, -0.1) is 11.3 Å². The van der Waals surface area contributed by atoms with Crippen LogP contribution in [0.25, 0.3) is 6.08 Å². The SMILES string of the molecule is CCc1sc(/C=C(/C#N)C(N)=O)cc1Br. The van der Waals surface area contributed by atoms with E-state index < -0.39 is 5.91 Å². The van der Waals surface area contributed by atoms with Gasteiger partial charge < -0.3 is 5.73 Å². The van der Waals surface area contributed by atoms with Crippen LogP contribution in [0.1, 0.15) is 16.7 Å². The molecule has 1 aromatic rings. The highest BCUT2D eigenvalue weighted by Crippen LogP contribution is 2.29. The molecule has 0 aromatic carbocycles. The number of nitrogens with two attached hydrogens (primary N) is 1. The molecule has 78 valence electrons. The van der Waals surface area contributed by atoms with E-state index in [1.54, 1.807) is 6.07 Å². The Bertz CT molecular complexity index is 456. The quantitative estimate of drug-likeness (QED) is 0.684. The van der Waals surface area contributed by atoms with Crippen LogP contribution >= 0.6 is 27.3 Å². The van der Waals surface area contributed by atoms with Crippen molar-refractivity contribution in [1.82, 2.24) is 0 Å². The van der Waals surface area contributed by atoms with Crippen LogP contribution in [-0.2, 0) is 11.2 Å². The molecule has 2 N–H and O–H groups in total. The Labute approximate surface area is 100 Å². The number of halogens is 1. The zero-order valence-corrected chi connectivity index (χ0v) is 10.5. The van der Waals surface area contributed by atoms with Gasteiger partial charge in [-0.05, 0) is 34.5 Å². The van der Waals surface area contributed by atoms with E-state index in [-0.39, 0.29) is 5.57 Å². The van der Waals surface area contributed by atoms with Crippen LogP contribution in [0.4, 0.5) is 0 Å². The van der Waals surface area contributed by atoms with E-state index in [0.29, 0.717) is 0 Å². The number of carbonyl (C=O) groups is 1. The zero-order valence-electron chi connectivity index (χ0n) is 8.08. The molecule has 0 spiro atoms. The summed E-state index contributed by atoms with van der Waals surface area (Å²) in [4.78, 5) is 12.9. The van der Waals surface area contributed by atoms with Gasteiger partial charge in [-0.25, -0.2) is 0 Å². The lowest BCUT2D eigenvalue weighted by Crippen LogP contribution is -2.12. The predicted octanol–water partition coefficient (Wildman–Crippen LogP) is 2.47. The molecule has 3 nitrogen and oxygen atoms in total. The summed E-state index contributed by atoms with van der Waals surface area (Å²) < 4.78 is 1.00. The number of nitriles is 1. The van der Waals surface area contributed by atoms with E-state index in [2.05, 4.69) is 15.9 Å². The second-order valence-electron chi connectivity index (χ2n) is 2.81. The lowest BCUT2D eigenvalue weighted by atomic mass is 10.2. The van der Waals surface area contributed by atoms with Gasteiger partial charge in [0.1, 0.15) is 11.6 Å². The number of nitrogens with zero attached hydrogens (tertiary/aromatic N) is 1. The van der Waals surface area contributed by atoms with Crippen LogP contribution in [0.3, 0.4) is 0 Å². The largest absolute Gasteiger partial charge is 0.365 e. The number of aryl methyl sites for hydroxylation is 1. The van der Waals surface area contributed by atoms with Crippen LogP contribution in [0.2, 0.25) is 0 Å². The molecule has 0 saturated heterocycles. The first-order valence-electron chi connectivity index (χ1n) is 4.28. The van der Waals surface area contributed by atoms with Crippen molar-refractivity contribution in [3.05, 3.63) is 25.9 Å². The van der Waals surface area contributed by atoms with Gasteiger partial charge in [-0.1, -0.05) is 6.92 Å². The summed E-state index contributed by atoms with van der Waals surface area (Å²) >= 11 is 4.95. The fourth-order valence-corrected chi connectivity index (χ4v) is 2.90. The summed E-state index contributed by atoms with van der Waals surface area (Å²) in [6.45, 7) is 2.05. The number of rotatable bonds is 3. The summed E-state index contributed by atoms with van der Waals surface area (Å²) in [5.74, 6) is -0.694. The molecule has 5 heteroatoms. The van der Waals surface area contributed by atoms with E-state index in [1.807, 2.05) is 13.0 Å². The van der Waals surface area contributed by atoms with Gasteiger partial charge in [0.25, 0.3) is 5.91 Å². The van der Waals surface area contributed by atoms with Crippen molar-refractivity contribution in [1.29, 1.82) is 5.26 Å². The average molecular weight is 285 g/mol. The highest BCUT2D eigenvalue weighted by molar-refractivity contribution is 9.10. The Hall–Kier alpha value is -1.12. The highest BCUT2D eigenvalue weighted by atomic mass is 79.9. The molecule has 0 fully saturated rings. The molecule has 0 aliphatic heterocycles. The Morgan fingerprint density at radius 1 is 1.80 bits per heavy atom. The van der Waals surface area contributed by atoms with Crippen molar-refractivity contribution in [3.8, 4) is 6.07 Å². The van der Waals surface area contributed by atoms with Gasteiger partial charge in [-0.3, -0.25) is 4.79 Å². The van der Waals surface area contributed by atoms with Crippen molar-refractivity contribution in [2.75, 3.05) is 0 Å². The van der Waals surface area contributed by atoms with Crippen LogP contribution in [0.5, 0.6) is 0 Å². The first-order chi connectivity index (χ1) is 7.08. The van der Waals surface area contributed by atoms with Crippen LogP contribution < -0.4 is 5.73 Å². The van der Waals surface area contributed by atoms with Gasteiger partial charge in [0.2, 0.25) is 0 Å². The minimum absolute atomic E-state index is 0.0218. The third kappa shape index (κ3) is 2.91. The van der Waals surface area contributed by atoms with Crippen molar-refractivity contribution in [2.45, 2.75) is 13.3 Å². The third-order valence-electron chi connectivity index (χ3n) is 1.77. The fraction of sp³-hybridized carbons (Fsp3) is 0.200. The number of carbonyl (C=O) groups excluding carboxylic acids is 1. The molecule has 1 aromatic heterocycles. The topological polar surface area (TPSA) is 66.9 Å². The lowest BCUT2D eigenvalue weighted by molar-refractivity contribution is -0.114. The number of primary amides is 1. The Morgan fingerprint density at radius 3 is 2.87 bits per heavy atom. The number of hydrogen-bond donors (Lipinski definition) is 1. The van der Waals surface area contributed by atoms with Gasteiger partial charge in [-0.2, -0.15) is 5.26 Å². The maximum Gasteiger partial charge on any atom is 0.259 e. The fourth-order valence-electron chi connectivity index (χ4n) is 1.04. The molecule has 1 heterocycles. The maximum atomic E-state index is 10.8. The minimum Gasteiger partial charge on any atom is -0.365 e. The summed E-state index contributed by atoms with van der Waals surface area (Å²) in [5.41, 5.74) is 5.01. The predicted molar refractivity (Wildman–Crippen MR) is 64.2 cm³/mol. The number of hydrogen-bond acceptors (Lipinski definition) is 3. The minimum atomic E-state index is -0.694. The monoisotopic (exact) mass is 284 g/mol. The van der Waals surface area contributed by atoms with Gasteiger partial charge in [0.15, 0.2) is 0 Å². The smallest absolute Gasteiger partial charge is 0.259 e. The van der Waals surface area contributed by atoms with Crippen molar-refractivity contribution < 1.29 is 4.79 Å². The molecule has 15 heavy (non-hydrogen) atoms. The summed E-state index contributed by atoms with van der Waals surface area (Å²) in [7, 11) is 0. The summed E-state index contributed by atoms with van der Waals surface area (Å²) in [5, 5.41) is 8.66. The van der Waals surface area contributed by atoms with E-state index in [0.717, 1.165) is 15.8 Å². The Balaban J connectivity index is 3.08. The molecule has 1 rings (SSSR count). The van der Waals surface area contributed by atoms with Crippen molar-refractivity contribution in [3.63, 3.8) is 0 Å². The van der Waals surface area contributed by atoms with E-state index >= 15 is 0 Å². The Kier molecular flexibility index (Phi) is 4.06. The third-order valence-corrected chi connectivity index (χ3v) is 3.97. The molecule has 0 aliphatic rings. The average Bonchev–Trinajstić information content (AvgIpc) is 2.54. The Morgan fingerprint density at radius 2 is 2.47 bits per heavy atom. The lowest BCUT2D eigenvalue weighted by Gasteiger charge is -1.89. The standard InChI is InChI=1S/C10H9BrN2OS/c1-2-9-8(11)4-7(15-9)3-6(5-12)10(13)14/h3-4H,2H2,1H3,(H2,13,14)/b6-3-. The first kappa shape index (κ1) is 12.0. The molecule has 0 bridgehead atoms. The summed E-state index contributed by atoms with van der Waals surface area (Å²) in [6.07, 6.45) is 2.43. The first-order valence-corrected chi connectivity index (χ1v) is 5.89. The highest BCUT2D eigenvalue weighted by Gasteiger charge is 2.07. The molecule has 0 radical (unpaired) electrons. The zero-order chi connectivity index (χ0) is 11.4. The number of amides is 1. The second-order valence-corrected chi connectivity index (χ2v) is 4.83. The van der Waals surface area contributed by atoms with Crippen molar-refractivity contribution in [2.24, 2.45) is 5.73 Å². The molecule has 0 aliphatic carbocycles. The van der Waals surface area contributed by atoms with Gasteiger partial charge in [0, 0.05) is 14.2 Å². The normalized spacial score (nSPS) is 11.1. The molecule has 1 amide bonds. The molecular weight excluding hydrogens is 276 g/mol. The van der Waals surface area contributed by atoms with Crippen LogP contribution in [0.15, 0.2) is 16.1 Å². The van der Waals surface area contributed by atoms with Gasteiger partial charge in [0.05, 0.1) is 0 Å². The molecular formula is C10H9BrN2OS. The second kappa shape index (κ2) is 5.10. The van der Waals surface area contributed by atoms with E-state index in [1.165, 1.54) is 22.3 Å². The van der Waals surface area contributed by atoms with E-state index in [4.69, 9.17) is 11.0 Å².